The first-order chi connectivity index (χ1) is 13.5. The minimum absolute atomic E-state index is 0.0673. The summed E-state index contributed by atoms with van der Waals surface area (Å²) in [5, 5.41) is 0. The van der Waals surface area contributed by atoms with Crippen LogP contribution in [0.15, 0.2) is 42.5 Å². The molecular weight excluding hydrogens is 357 g/mol. The summed E-state index contributed by atoms with van der Waals surface area (Å²) in [6.45, 7) is 5.34. The first kappa shape index (κ1) is 19.0. The number of aryl methyl sites for hydroxylation is 1. The number of nitrogens with zero attached hydrogens (tertiary/aromatic N) is 3. The molecule has 0 saturated carbocycles. The molecular formula is C22H26FN3O2. The second kappa shape index (κ2) is 7.97. The number of halogens is 1. The van der Waals surface area contributed by atoms with Gasteiger partial charge >= 0.3 is 0 Å². The fraction of sp³-hybridized carbons (Fsp3) is 0.455. The molecule has 2 aliphatic heterocycles. The van der Waals surface area contributed by atoms with Crippen LogP contribution in [0.25, 0.3) is 0 Å². The lowest BCUT2D eigenvalue weighted by molar-refractivity contribution is -0.140. The highest BCUT2D eigenvalue weighted by Gasteiger charge is 2.41. The van der Waals surface area contributed by atoms with Crippen LogP contribution in [-0.2, 0) is 16.1 Å². The molecule has 2 aromatic rings. The zero-order valence-corrected chi connectivity index (χ0v) is 16.2. The summed E-state index contributed by atoms with van der Waals surface area (Å²) in [5.41, 5.74) is 2.52. The maximum atomic E-state index is 13.3. The van der Waals surface area contributed by atoms with Gasteiger partial charge in [-0.25, -0.2) is 4.39 Å². The number of likely N-dealkylation sites (tertiary alicyclic amines) is 1. The molecule has 1 spiro atoms. The lowest BCUT2D eigenvalue weighted by Crippen LogP contribution is -2.55. The number of benzene rings is 1. The topological polar surface area (TPSA) is 45.7 Å². The molecule has 1 aromatic heterocycles. The molecule has 0 radical (unpaired) electrons. The van der Waals surface area contributed by atoms with Crippen molar-refractivity contribution in [3.63, 3.8) is 0 Å². The number of carbonyl (C=O) groups is 1. The van der Waals surface area contributed by atoms with Crippen LogP contribution in [0.2, 0.25) is 0 Å². The predicted octanol–water partition coefficient (Wildman–Crippen LogP) is 3.32. The van der Waals surface area contributed by atoms with Crippen molar-refractivity contribution in [3.8, 4) is 0 Å². The minimum atomic E-state index is -0.336. The van der Waals surface area contributed by atoms with Gasteiger partial charge in [0.15, 0.2) is 0 Å². The molecule has 2 aliphatic rings. The van der Waals surface area contributed by atoms with Crippen molar-refractivity contribution >= 4 is 11.6 Å². The molecule has 1 aromatic carbocycles. The maximum Gasteiger partial charge on any atom is 0.253 e. The highest BCUT2D eigenvalue weighted by Crippen LogP contribution is 2.33. The van der Waals surface area contributed by atoms with E-state index >= 15 is 0 Å². The van der Waals surface area contributed by atoms with Crippen molar-refractivity contribution in [3.05, 3.63) is 59.7 Å². The first-order valence-corrected chi connectivity index (χ1v) is 9.88. The normalized spacial score (nSPS) is 23.8. The molecule has 6 heteroatoms. The van der Waals surface area contributed by atoms with Crippen molar-refractivity contribution in [1.82, 2.24) is 9.88 Å². The Morgan fingerprint density at radius 1 is 1.14 bits per heavy atom. The van der Waals surface area contributed by atoms with Gasteiger partial charge in [-0.2, -0.15) is 0 Å². The van der Waals surface area contributed by atoms with Gasteiger partial charge in [-0.05, 0) is 69.1 Å². The number of ether oxygens (including phenoxy) is 1. The zero-order valence-electron chi connectivity index (χ0n) is 16.2. The molecule has 5 nitrogen and oxygen atoms in total. The Balaban J connectivity index is 1.44. The molecule has 28 heavy (non-hydrogen) atoms. The Kier molecular flexibility index (Phi) is 5.42. The van der Waals surface area contributed by atoms with Crippen LogP contribution >= 0.6 is 0 Å². The van der Waals surface area contributed by atoms with E-state index in [9.17, 15) is 9.18 Å². The number of hydrogen-bond acceptors (Lipinski definition) is 4. The van der Waals surface area contributed by atoms with Gasteiger partial charge in [0, 0.05) is 24.5 Å². The molecule has 1 atom stereocenters. The van der Waals surface area contributed by atoms with Gasteiger partial charge in [0.25, 0.3) is 5.91 Å². The average molecular weight is 383 g/mol. The van der Waals surface area contributed by atoms with Gasteiger partial charge in [-0.1, -0.05) is 6.07 Å². The minimum Gasteiger partial charge on any atom is -0.363 e. The number of carbonyl (C=O) groups excluding carboxylic acids is 1. The van der Waals surface area contributed by atoms with E-state index in [0.29, 0.717) is 6.54 Å². The summed E-state index contributed by atoms with van der Waals surface area (Å²) in [7, 11) is 0. The Morgan fingerprint density at radius 2 is 1.96 bits per heavy atom. The van der Waals surface area contributed by atoms with Crippen LogP contribution in [0.5, 0.6) is 0 Å². The molecule has 1 amide bonds. The molecule has 2 saturated heterocycles. The second-order valence-corrected chi connectivity index (χ2v) is 7.83. The van der Waals surface area contributed by atoms with Gasteiger partial charge in [-0.3, -0.25) is 14.7 Å². The fourth-order valence-corrected chi connectivity index (χ4v) is 4.17. The third-order valence-corrected chi connectivity index (χ3v) is 5.71. The lowest BCUT2D eigenvalue weighted by Gasteiger charge is -2.42. The molecule has 0 N–H and O–H groups in total. The number of hydrogen-bond donors (Lipinski definition) is 0. The van der Waals surface area contributed by atoms with Gasteiger partial charge in [-0.15, -0.1) is 0 Å². The number of pyridine rings is 1. The summed E-state index contributed by atoms with van der Waals surface area (Å²) in [6.07, 6.45) is 2.79. The largest absolute Gasteiger partial charge is 0.363 e. The van der Waals surface area contributed by atoms with E-state index in [1.165, 1.54) is 12.1 Å². The van der Waals surface area contributed by atoms with Crippen LogP contribution in [-0.4, -0.2) is 47.6 Å². The van der Waals surface area contributed by atoms with Crippen molar-refractivity contribution < 1.29 is 13.9 Å². The van der Waals surface area contributed by atoms with Crippen LogP contribution in [0, 0.1) is 12.7 Å². The van der Waals surface area contributed by atoms with Gasteiger partial charge in [0.05, 0.1) is 17.8 Å². The summed E-state index contributed by atoms with van der Waals surface area (Å²) in [4.78, 5) is 21.2. The average Bonchev–Trinajstić information content (AvgIpc) is 2.87. The highest BCUT2D eigenvalue weighted by molar-refractivity contribution is 5.95. The van der Waals surface area contributed by atoms with Crippen LogP contribution in [0.3, 0.4) is 0 Å². The van der Waals surface area contributed by atoms with Crippen molar-refractivity contribution in [2.24, 2.45) is 0 Å². The number of morpholine rings is 1. The SMILES string of the molecule is Cc1cccc(CN2CCCC3(CC2)CN(c2ccc(F)cc2)C(=O)CO3)n1. The monoisotopic (exact) mass is 383 g/mol. The van der Waals surface area contributed by atoms with E-state index in [1.54, 1.807) is 17.0 Å². The third kappa shape index (κ3) is 4.23. The lowest BCUT2D eigenvalue weighted by atomic mass is 9.92. The molecule has 0 bridgehead atoms. The quantitative estimate of drug-likeness (QED) is 0.816. The molecule has 4 rings (SSSR count). The maximum absolute atomic E-state index is 13.3. The van der Waals surface area contributed by atoms with E-state index in [4.69, 9.17) is 4.74 Å². The summed E-state index contributed by atoms with van der Waals surface area (Å²) < 4.78 is 19.3. The van der Waals surface area contributed by atoms with E-state index in [1.807, 2.05) is 19.1 Å². The van der Waals surface area contributed by atoms with Gasteiger partial charge in [0.2, 0.25) is 0 Å². The summed E-state index contributed by atoms with van der Waals surface area (Å²) in [6, 6.07) is 12.3. The Labute approximate surface area is 165 Å². The number of anilines is 1. The zero-order chi connectivity index (χ0) is 19.6. The Morgan fingerprint density at radius 3 is 2.75 bits per heavy atom. The molecule has 148 valence electrons. The summed E-state index contributed by atoms with van der Waals surface area (Å²) in [5.74, 6) is -0.365. The first-order valence-electron chi connectivity index (χ1n) is 9.88. The van der Waals surface area contributed by atoms with Crippen molar-refractivity contribution in [2.75, 3.05) is 31.1 Å². The molecule has 1 unspecified atom stereocenters. The second-order valence-electron chi connectivity index (χ2n) is 7.83. The van der Waals surface area contributed by atoms with Crippen molar-refractivity contribution in [2.45, 2.75) is 38.3 Å². The standard InChI is InChI=1S/C22H26FN3O2/c1-17-4-2-5-19(24-17)14-25-12-3-10-22(11-13-25)16-26(21(27)15-28-22)20-8-6-18(23)7-9-20/h2,4-9H,3,10-16H2,1H3. The molecule has 3 heterocycles. The molecule has 2 fully saturated rings. The van der Waals surface area contributed by atoms with Gasteiger partial charge in [0.1, 0.15) is 12.4 Å². The van der Waals surface area contributed by atoms with E-state index < -0.39 is 0 Å². The smallest absolute Gasteiger partial charge is 0.253 e. The Bertz CT molecular complexity index is 842. The number of amides is 1. The van der Waals surface area contributed by atoms with E-state index in [-0.39, 0.29) is 23.9 Å². The van der Waals surface area contributed by atoms with E-state index in [0.717, 1.165) is 56.0 Å². The number of aromatic nitrogens is 1. The van der Waals surface area contributed by atoms with Gasteiger partial charge < -0.3 is 9.64 Å². The van der Waals surface area contributed by atoms with Crippen molar-refractivity contribution in [1.29, 1.82) is 0 Å². The number of rotatable bonds is 3. The van der Waals surface area contributed by atoms with E-state index in [2.05, 4.69) is 16.0 Å². The molecule has 0 aliphatic carbocycles. The van der Waals surface area contributed by atoms with Crippen LogP contribution < -0.4 is 4.90 Å². The third-order valence-electron chi connectivity index (χ3n) is 5.71. The highest BCUT2D eigenvalue weighted by atomic mass is 19.1. The summed E-state index contributed by atoms with van der Waals surface area (Å²) >= 11 is 0. The van der Waals surface area contributed by atoms with Crippen LogP contribution in [0.4, 0.5) is 10.1 Å². The Hall–Kier alpha value is -2.31. The van der Waals surface area contributed by atoms with Crippen LogP contribution in [0.1, 0.15) is 30.7 Å². The predicted molar refractivity (Wildman–Crippen MR) is 106 cm³/mol. The fourth-order valence-electron chi connectivity index (χ4n) is 4.17.